The molecule has 0 radical (unpaired) electrons. The number of furan rings is 1. The number of halogens is 3. The van der Waals surface area contributed by atoms with Gasteiger partial charge in [-0.2, -0.15) is 18.4 Å². The van der Waals surface area contributed by atoms with E-state index < -0.39 is 17.3 Å². The topological polar surface area (TPSA) is 54.0 Å². The first-order valence-electron chi connectivity index (χ1n) is 5.12. The van der Waals surface area contributed by atoms with E-state index in [9.17, 15) is 18.0 Å². The predicted molar refractivity (Wildman–Crippen MR) is 59.2 cm³/mol. The molecular weight excluding hydrogens is 259 g/mol. The Balaban J connectivity index is 2.55. The smallest absolute Gasteiger partial charge is 0.417 e. The lowest BCUT2D eigenvalue weighted by Crippen LogP contribution is -2.07. The molecule has 2 aromatic rings. The second kappa shape index (κ2) is 4.61. The van der Waals surface area contributed by atoms with Gasteiger partial charge >= 0.3 is 6.18 Å². The second-order valence-electron chi connectivity index (χ2n) is 3.69. The number of aldehydes is 1. The van der Waals surface area contributed by atoms with Gasteiger partial charge in [-0.05, 0) is 30.3 Å². The van der Waals surface area contributed by atoms with Crippen LogP contribution in [0.1, 0.15) is 21.7 Å². The van der Waals surface area contributed by atoms with Crippen LogP contribution < -0.4 is 0 Å². The minimum atomic E-state index is -4.62. The van der Waals surface area contributed by atoms with Crippen molar-refractivity contribution in [3.8, 4) is 17.4 Å². The summed E-state index contributed by atoms with van der Waals surface area (Å²) in [5.74, 6) is 0.157. The zero-order chi connectivity index (χ0) is 14.0. The Labute approximate surface area is 105 Å². The summed E-state index contributed by atoms with van der Waals surface area (Å²) in [7, 11) is 0. The monoisotopic (exact) mass is 265 g/mol. The molecule has 1 aromatic heterocycles. The summed E-state index contributed by atoms with van der Waals surface area (Å²) < 4.78 is 43.3. The molecule has 0 saturated carbocycles. The minimum absolute atomic E-state index is 0.0212. The van der Waals surface area contributed by atoms with Crippen molar-refractivity contribution in [1.29, 1.82) is 5.26 Å². The number of hydrogen-bond donors (Lipinski definition) is 0. The van der Waals surface area contributed by atoms with Crippen LogP contribution in [0.4, 0.5) is 13.2 Å². The van der Waals surface area contributed by atoms with Crippen LogP contribution in [0.15, 0.2) is 34.7 Å². The van der Waals surface area contributed by atoms with Gasteiger partial charge in [-0.25, -0.2) is 0 Å². The lowest BCUT2D eigenvalue weighted by atomic mass is 10.0. The highest BCUT2D eigenvalue weighted by atomic mass is 19.4. The first-order chi connectivity index (χ1) is 8.95. The molecule has 0 bridgehead atoms. The highest BCUT2D eigenvalue weighted by Crippen LogP contribution is 2.35. The zero-order valence-electron chi connectivity index (χ0n) is 9.36. The van der Waals surface area contributed by atoms with Crippen molar-refractivity contribution >= 4 is 6.29 Å². The van der Waals surface area contributed by atoms with E-state index in [-0.39, 0.29) is 17.1 Å². The first-order valence-corrected chi connectivity index (χ1v) is 5.12. The van der Waals surface area contributed by atoms with Crippen LogP contribution in [-0.4, -0.2) is 6.29 Å². The number of carbonyl (C=O) groups is 1. The van der Waals surface area contributed by atoms with Gasteiger partial charge in [0.1, 0.15) is 5.76 Å². The van der Waals surface area contributed by atoms with Crippen molar-refractivity contribution in [3.05, 3.63) is 47.2 Å². The van der Waals surface area contributed by atoms with Gasteiger partial charge in [0.2, 0.25) is 0 Å². The molecule has 0 amide bonds. The lowest BCUT2D eigenvalue weighted by molar-refractivity contribution is -0.137. The fourth-order valence-electron chi connectivity index (χ4n) is 1.60. The Hall–Kier alpha value is -2.55. The van der Waals surface area contributed by atoms with Crippen LogP contribution in [0.5, 0.6) is 0 Å². The molecule has 0 fully saturated rings. The van der Waals surface area contributed by atoms with E-state index in [1.807, 2.05) is 0 Å². The highest BCUT2D eigenvalue weighted by Gasteiger charge is 2.34. The third-order valence-corrected chi connectivity index (χ3v) is 2.47. The number of benzene rings is 1. The van der Waals surface area contributed by atoms with Crippen molar-refractivity contribution in [2.75, 3.05) is 0 Å². The summed E-state index contributed by atoms with van der Waals surface area (Å²) in [6, 6.07) is 7.47. The lowest BCUT2D eigenvalue weighted by Gasteiger charge is -2.09. The number of hydrogen-bond acceptors (Lipinski definition) is 3. The Morgan fingerprint density at radius 3 is 2.47 bits per heavy atom. The summed E-state index contributed by atoms with van der Waals surface area (Å²) in [5.41, 5.74) is -1.34. The molecule has 0 aliphatic carbocycles. The third-order valence-electron chi connectivity index (χ3n) is 2.47. The summed E-state index contributed by atoms with van der Waals surface area (Å²) in [6.45, 7) is 0. The quantitative estimate of drug-likeness (QED) is 0.779. The molecule has 2 rings (SSSR count). The van der Waals surface area contributed by atoms with Gasteiger partial charge in [0.05, 0.1) is 17.2 Å². The number of rotatable bonds is 2. The fourth-order valence-corrected chi connectivity index (χ4v) is 1.60. The van der Waals surface area contributed by atoms with E-state index in [1.165, 1.54) is 24.3 Å². The maximum absolute atomic E-state index is 12.8. The Morgan fingerprint density at radius 2 is 1.95 bits per heavy atom. The number of carbonyl (C=O) groups excluding carboxylic acids is 1. The molecule has 0 N–H and O–H groups in total. The van der Waals surface area contributed by atoms with E-state index in [1.54, 1.807) is 0 Å². The van der Waals surface area contributed by atoms with Crippen LogP contribution in [0.3, 0.4) is 0 Å². The van der Waals surface area contributed by atoms with E-state index in [0.717, 1.165) is 12.1 Å². The van der Waals surface area contributed by atoms with Crippen molar-refractivity contribution in [3.63, 3.8) is 0 Å². The maximum Gasteiger partial charge on any atom is 0.417 e. The van der Waals surface area contributed by atoms with E-state index in [0.29, 0.717) is 6.29 Å². The van der Waals surface area contributed by atoms with Crippen LogP contribution in [0.25, 0.3) is 11.3 Å². The zero-order valence-corrected chi connectivity index (χ0v) is 9.36. The van der Waals surface area contributed by atoms with Crippen molar-refractivity contribution < 1.29 is 22.4 Å². The van der Waals surface area contributed by atoms with Crippen molar-refractivity contribution in [2.24, 2.45) is 0 Å². The largest absolute Gasteiger partial charge is 0.453 e. The summed E-state index contributed by atoms with van der Waals surface area (Å²) in [5, 5.41) is 8.67. The minimum Gasteiger partial charge on any atom is -0.453 e. The van der Waals surface area contributed by atoms with Gasteiger partial charge in [0.15, 0.2) is 12.0 Å². The molecule has 0 unspecified atom stereocenters. The summed E-state index contributed by atoms with van der Waals surface area (Å²) in [6.07, 6.45) is -4.17. The van der Waals surface area contributed by atoms with Gasteiger partial charge in [-0.15, -0.1) is 0 Å². The van der Waals surface area contributed by atoms with Crippen LogP contribution >= 0.6 is 0 Å². The molecule has 0 aliphatic rings. The molecule has 19 heavy (non-hydrogen) atoms. The molecule has 0 saturated heterocycles. The van der Waals surface area contributed by atoms with Crippen LogP contribution in [0.2, 0.25) is 0 Å². The van der Waals surface area contributed by atoms with Crippen molar-refractivity contribution in [1.82, 2.24) is 0 Å². The van der Waals surface area contributed by atoms with E-state index in [2.05, 4.69) is 0 Å². The van der Waals surface area contributed by atoms with Crippen molar-refractivity contribution in [2.45, 2.75) is 6.18 Å². The number of nitriles is 1. The molecule has 0 atom stereocenters. The van der Waals surface area contributed by atoms with Gasteiger partial charge in [0, 0.05) is 5.56 Å². The molecular formula is C13H6F3NO2. The fraction of sp³-hybridized carbons (Fsp3) is 0.0769. The first kappa shape index (κ1) is 12.9. The Kier molecular flexibility index (Phi) is 3.13. The number of alkyl halides is 3. The molecule has 0 aliphatic heterocycles. The molecule has 3 nitrogen and oxygen atoms in total. The SMILES string of the molecule is N#Cc1ccc(-c2ccc(C=O)o2)cc1C(F)(F)F. The predicted octanol–water partition coefficient (Wildman–Crippen LogP) is 3.65. The Morgan fingerprint density at radius 1 is 1.21 bits per heavy atom. The average molecular weight is 265 g/mol. The molecule has 6 heteroatoms. The summed E-state index contributed by atoms with van der Waals surface area (Å²) in [4.78, 5) is 10.5. The molecule has 1 aromatic carbocycles. The third kappa shape index (κ3) is 2.50. The van der Waals surface area contributed by atoms with E-state index in [4.69, 9.17) is 9.68 Å². The van der Waals surface area contributed by atoms with E-state index >= 15 is 0 Å². The molecule has 96 valence electrons. The van der Waals surface area contributed by atoms with Gasteiger partial charge in [-0.1, -0.05) is 0 Å². The average Bonchev–Trinajstić information content (AvgIpc) is 2.85. The Bertz CT molecular complexity index is 665. The highest BCUT2D eigenvalue weighted by molar-refractivity contribution is 5.73. The van der Waals surface area contributed by atoms with Crippen LogP contribution in [0, 0.1) is 11.3 Å². The van der Waals surface area contributed by atoms with Gasteiger partial charge < -0.3 is 4.42 Å². The standard InChI is InChI=1S/C13H6F3NO2/c14-13(15,16)11-5-8(1-2-9(11)6-17)12-4-3-10(7-18)19-12/h1-5,7H. The molecule has 1 heterocycles. The van der Waals surface area contributed by atoms with Gasteiger partial charge in [-0.3, -0.25) is 4.79 Å². The van der Waals surface area contributed by atoms with Gasteiger partial charge in [0.25, 0.3) is 0 Å². The summed E-state index contributed by atoms with van der Waals surface area (Å²) >= 11 is 0. The van der Waals surface area contributed by atoms with Crippen LogP contribution in [-0.2, 0) is 6.18 Å². The molecule has 0 spiro atoms. The number of nitrogens with zero attached hydrogens (tertiary/aromatic N) is 1. The normalized spacial score (nSPS) is 11.1. The maximum atomic E-state index is 12.8. The second-order valence-corrected chi connectivity index (χ2v) is 3.69.